The van der Waals surface area contributed by atoms with E-state index in [0.717, 1.165) is 19.5 Å². The third kappa shape index (κ3) is 2.58. The minimum atomic E-state index is -0.0129. The molecule has 2 heterocycles. The van der Waals surface area contributed by atoms with Gasteiger partial charge in [0.25, 0.3) is 5.91 Å². The van der Waals surface area contributed by atoms with Gasteiger partial charge in [0.1, 0.15) is 13.2 Å². The fraction of sp³-hybridized carbons (Fsp3) is 0.533. The first-order valence-corrected chi connectivity index (χ1v) is 7.13. The highest BCUT2D eigenvalue weighted by atomic mass is 16.6. The Morgan fingerprint density at radius 1 is 1.40 bits per heavy atom. The smallest absolute Gasteiger partial charge is 0.257 e. The van der Waals surface area contributed by atoms with Crippen LogP contribution >= 0.6 is 0 Å². The molecule has 1 aromatic rings. The molecule has 20 heavy (non-hydrogen) atoms. The van der Waals surface area contributed by atoms with Crippen molar-refractivity contribution >= 4 is 5.91 Å². The van der Waals surface area contributed by atoms with Crippen LogP contribution in [0.2, 0.25) is 0 Å². The molecular formula is C15H20N2O3. The molecule has 0 aromatic heterocycles. The second-order valence-corrected chi connectivity index (χ2v) is 5.31. The van der Waals surface area contributed by atoms with Crippen LogP contribution in [0.15, 0.2) is 18.2 Å². The van der Waals surface area contributed by atoms with Crippen LogP contribution in [-0.2, 0) is 0 Å². The van der Waals surface area contributed by atoms with Gasteiger partial charge in [-0.05, 0) is 31.5 Å². The number of nitrogens with one attached hydrogen (secondary N) is 1. The van der Waals surface area contributed by atoms with Gasteiger partial charge in [0.15, 0.2) is 11.5 Å². The minimum Gasteiger partial charge on any atom is -0.486 e. The van der Waals surface area contributed by atoms with Crippen molar-refractivity contribution in [2.45, 2.75) is 18.9 Å². The second-order valence-electron chi connectivity index (χ2n) is 5.31. The molecule has 1 saturated heterocycles. The van der Waals surface area contributed by atoms with Crippen LogP contribution in [0.25, 0.3) is 0 Å². The number of hydrogen-bond donors (Lipinski definition) is 1. The standard InChI is InChI=1S/C15H20N2O3/c1-17(10-11-4-3-7-16-11)15(18)12-5-2-6-13-14(12)20-9-8-19-13/h2,5-6,11,16H,3-4,7-10H2,1H3/t11-/m0/s1. The van der Waals surface area contributed by atoms with Gasteiger partial charge in [-0.2, -0.15) is 0 Å². The normalized spacial score (nSPS) is 20.8. The average molecular weight is 276 g/mol. The summed E-state index contributed by atoms with van der Waals surface area (Å²) in [6.45, 7) is 2.80. The van der Waals surface area contributed by atoms with Crippen molar-refractivity contribution in [1.82, 2.24) is 10.2 Å². The lowest BCUT2D eigenvalue weighted by molar-refractivity contribution is 0.0773. The van der Waals surface area contributed by atoms with Gasteiger partial charge in [-0.3, -0.25) is 4.79 Å². The third-order valence-electron chi connectivity index (χ3n) is 3.80. The van der Waals surface area contributed by atoms with Crippen LogP contribution in [0.5, 0.6) is 11.5 Å². The highest BCUT2D eigenvalue weighted by Gasteiger charge is 2.24. The van der Waals surface area contributed by atoms with E-state index in [9.17, 15) is 4.79 Å². The molecule has 1 fully saturated rings. The summed E-state index contributed by atoms with van der Waals surface area (Å²) >= 11 is 0. The molecule has 2 aliphatic rings. The predicted molar refractivity (Wildman–Crippen MR) is 75.4 cm³/mol. The molecule has 5 heteroatoms. The lowest BCUT2D eigenvalue weighted by Crippen LogP contribution is -2.38. The molecule has 0 aliphatic carbocycles. The highest BCUT2D eigenvalue weighted by Crippen LogP contribution is 2.34. The number of nitrogens with zero attached hydrogens (tertiary/aromatic N) is 1. The van der Waals surface area contributed by atoms with E-state index in [-0.39, 0.29) is 5.91 Å². The maximum atomic E-state index is 12.6. The molecule has 1 aromatic carbocycles. The lowest BCUT2D eigenvalue weighted by Gasteiger charge is -2.25. The zero-order chi connectivity index (χ0) is 13.9. The molecule has 1 N–H and O–H groups in total. The first-order chi connectivity index (χ1) is 9.75. The van der Waals surface area contributed by atoms with Crippen molar-refractivity contribution in [2.75, 3.05) is 33.4 Å². The fourth-order valence-corrected chi connectivity index (χ4v) is 2.77. The molecule has 3 rings (SSSR count). The Kier molecular flexibility index (Phi) is 3.78. The number of carbonyl (C=O) groups excluding carboxylic acids is 1. The van der Waals surface area contributed by atoms with E-state index >= 15 is 0 Å². The molecule has 1 amide bonds. The predicted octanol–water partition coefficient (Wildman–Crippen LogP) is 1.28. The summed E-state index contributed by atoms with van der Waals surface area (Å²) in [5.74, 6) is 1.23. The Morgan fingerprint density at radius 2 is 2.25 bits per heavy atom. The van der Waals surface area contributed by atoms with Gasteiger partial charge in [0, 0.05) is 19.6 Å². The summed E-state index contributed by atoms with van der Waals surface area (Å²) in [5, 5.41) is 3.41. The van der Waals surface area contributed by atoms with Crippen molar-refractivity contribution in [2.24, 2.45) is 0 Å². The summed E-state index contributed by atoms with van der Waals surface area (Å²) in [6.07, 6.45) is 2.31. The second kappa shape index (κ2) is 5.71. The van der Waals surface area contributed by atoms with E-state index in [1.807, 2.05) is 19.2 Å². The molecule has 1 atom stereocenters. The van der Waals surface area contributed by atoms with Gasteiger partial charge in [0.05, 0.1) is 5.56 Å². The number of ether oxygens (including phenoxy) is 2. The van der Waals surface area contributed by atoms with Gasteiger partial charge in [0.2, 0.25) is 0 Å². The van der Waals surface area contributed by atoms with Crippen molar-refractivity contribution < 1.29 is 14.3 Å². The Hall–Kier alpha value is -1.75. The summed E-state index contributed by atoms with van der Waals surface area (Å²) in [5.41, 5.74) is 0.586. The monoisotopic (exact) mass is 276 g/mol. The summed E-state index contributed by atoms with van der Waals surface area (Å²) in [6, 6.07) is 5.88. The van der Waals surface area contributed by atoms with E-state index in [1.165, 1.54) is 6.42 Å². The molecule has 0 spiro atoms. The van der Waals surface area contributed by atoms with Crippen LogP contribution in [0, 0.1) is 0 Å². The van der Waals surface area contributed by atoms with Crippen LogP contribution < -0.4 is 14.8 Å². The summed E-state index contributed by atoms with van der Waals surface area (Å²) in [7, 11) is 1.84. The first kappa shape index (κ1) is 13.2. The van der Waals surface area contributed by atoms with Crippen LogP contribution in [0.1, 0.15) is 23.2 Å². The average Bonchev–Trinajstić information content (AvgIpc) is 2.99. The van der Waals surface area contributed by atoms with Crippen molar-refractivity contribution in [3.8, 4) is 11.5 Å². The fourth-order valence-electron chi connectivity index (χ4n) is 2.77. The number of benzene rings is 1. The van der Waals surface area contributed by atoms with E-state index in [4.69, 9.17) is 9.47 Å². The van der Waals surface area contributed by atoms with E-state index in [2.05, 4.69) is 5.32 Å². The number of hydrogen-bond acceptors (Lipinski definition) is 4. The Balaban J connectivity index is 1.76. The largest absolute Gasteiger partial charge is 0.486 e. The quantitative estimate of drug-likeness (QED) is 0.903. The maximum Gasteiger partial charge on any atom is 0.257 e. The van der Waals surface area contributed by atoms with Gasteiger partial charge >= 0.3 is 0 Å². The Labute approximate surface area is 118 Å². The summed E-state index contributed by atoms with van der Waals surface area (Å²) < 4.78 is 11.1. The molecule has 2 aliphatic heterocycles. The van der Waals surface area contributed by atoms with Crippen molar-refractivity contribution in [3.05, 3.63) is 23.8 Å². The van der Waals surface area contributed by atoms with Crippen molar-refractivity contribution in [1.29, 1.82) is 0 Å². The van der Waals surface area contributed by atoms with Gasteiger partial charge in [-0.25, -0.2) is 0 Å². The molecule has 0 saturated carbocycles. The SMILES string of the molecule is CN(C[C@@H]1CCCN1)C(=O)c1cccc2c1OCCO2. The van der Waals surface area contributed by atoms with E-state index < -0.39 is 0 Å². The van der Waals surface area contributed by atoms with Gasteiger partial charge in [-0.1, -0.05) is 6.07 Å². The van der Waals surface area contributed by atoms with Gasteiger partial charge in [-0.15, -0.1) is 0 Å². The number of para-hydroxylation sites is 1. The van der Waals surface area contributed by atoms with Crippen molar-refractivity contribution in [3.63, 3.8) is 0 Å². The van der Waals surface area contributed by atoms with Crippen LogP contribution in [0.3, 0.4) is 0 Å². The number of likely N-dealkylation sites (N-methyl/N-ethyl adjacent to an activating group) is 1. The molecule has 108 valence electrons. The van der Waals surface area contributed by atoms with Gasteiger partial charge < -0.3 is 19.7 Å². The molecule has 0 radical (unpaired) electrons. The van der Waals surface area contributed by atoms with Crippen LogP contribution in [-0.4, -0.2) is 50.2 Å². The zero-order valence-corrected chi connectivity index (χ0v) is 11.7. The minimum absolute atomic E-state index is 0.0129. The molecular weight excluding hydrogens is 256 g/mol. The molecule has 0 unspecified atom stereocenters. The highest BCUT2D eigenvalue weighted by molar-refractivity contribution is 5.97. The third-order valence-corrected chi connectivity index (χ3v) is 3.80. The zero-order valence-electron chi connectivity index (χ0n) is 11.7. The Morgan fingerprint density at radius 3 is 3.05 bits per heavy atom. The number of rotatable bonds is 3. The van der Waals surface area contributed by atoms with E-state index in [0.29, 0.717) is 36.3 Å². The topological polar surface area (TPSA) is 50.8 Å². The number of fused-ring (bicyclic) bond motifs is 1. The molecule has 5 nitrogen and oxygen atoms in total. The van der Waals surface area contributed by atoms with E-state index in [1.54, 1.807) is 11.0 Å². The lowest BCUT2D eigenvalue weighted by atomic mass is 10.1. The first-order valence-electron chi connectivity index (χ1n) is 7.13. The summed E-state index contributed by atoms with van der Waals surface area (Å²) in [4.78, 5) is 14.3. The maximum absolute atomic E-state index is 12.6. The molecule has 0 bridgehead atoms. The van der Waals surface area contributed by atoms with Crippen LogP contribution in [0.4, 0.5) is 0 Å². The number of carbonyl (C=O) groups is 1. The number of amides is 1. The Bertz CT molecular complexity index is 498.